The van der Waals surface area contributed by atoms with Crippen LogP contribution in [0.5, 0.6) is 0 Å². The van der Waals surface area contributed by atoms with Crippen molar-refractivity contribution in [2.75, 3.05) is 28.2 Å². The summed E-state index contributed by atoms with van der Waals surface area (Å²) in [6.45, 7) is 0. The van der Waals surface area contributed by atoms with Gasteiger partial charge in [0.05, 0.1) is 8.22 Å². The number of rotatable bonds is 4. The van der Waals surface area contributed by atoms with Crippen LogP contribution in [0.4, 0.5) is 0 Å². The van der Waals surface area contributed by atoms with E-state index in [0.717, 1.165) is 0 Å². The summed E-state index contributed by atoms with van der Waals surface area (Å²) in [5, 5.41) is 0. The van der Waals surface area contributed by atoms with Crippen LogP contribution in [0.3, 0.4) is 0 Å². The fourth-order valence-electron chi connectivity index (χ4n) is 1.34. The summed E-state index contributed by atoms with van der Waals surface area (Å²) in [6.07, 6.45) is 2.19. The molecule has 0 aliphatic rings. The number of hydrogen-bond donors (Lipinski definition) is 0. The van der Waals surface area contributed by atoms with Gasteiger partial charge in [0.2, 0.25) is 0 Å². The Kier molecular flexibility index (Phi) is 4.97. The number of hydrogen-bond acceptors (Lipinski definition) is 2. The second-order valence-electron chi connectivity index (χ2n) is 3.74. The van der Waals surface area contributed by atoms with Gasteiger partial charge in [-0.15, -0.1) is 0 Å². The molecule has 0 aliphatic carbocycles. The van der Waals surface area contributed by atoms with Gasteiger partial charge in [-0.25, -0.2) is 0 Å². The van der Waals surface area contributed by atoms with E-state index in [0.29, 0.717) is 0 Å². The lowest BCUT2D eigenvalue weighted by molar-refractivity contribution is 0.584. The van der Waals surface area contributed by atoms with Crippen LogP contribution in [0.25, 0.3) is 6.08 Å². The molecular formula is C12H19N2P. The molecule has 0 atom stereocenters. The summed E-state index contributed by atoms with van der Waals surface area (Å²) < 4.78 is 4.49. The van der Waals surface area contributed by atoms with Gasteiger partial charge < -0.3 is 0 Å². The lowest BCUT2D eigenvalue weighted by Crippen LogP contribution is -2.14. The highest BCUT2D eigenvalue weighted by Crippen LogP contribution is 2.41. The van der Waals surface area contributed by atoms with Gasteiger partial charge in [0.25, 0.3) is 0 Å². The van der Waals surface area contributed by atoms with Crippen LogP contribution in [-0.4, -0.2) is 37.5 Å². The van der Waals surface area contributed by atoms with Crippen molar-refractivity contribution in [1.82, 2.24) is 9.34 Å². The second kappa shape index (κ2) is 6.02. The number of benzene rings is 1. The maximum Gasteiger partial charge on any atom is 0.0637 e. The predicted octanol–water partition coefficient (Wildman–Crippen LogP) is 3.09. The minimum atomic E-state index is -0.316. The molecule has 15 heavy (non-hydrogen) atoms. The molecule has 0 spiro atoms. The highest BCUT2D eigenvalue weighted by atomic mass is 31.1. The third kappa shape index (κ3) is 4.13. The molecule has 0 saturated heterocycles. The molecule has 0 N–H and O–H groups in total. The monoisotopic (exact) mass is 222 g/mol. The van der Waals surface area contributed by atoms with E-state index in [2.05, 4.69) is 73.7 Å². The third-order valence-corrected chi connectivity index (χ3v) is 4.07. The molecule has 0 aromatic heterocycles. The van der Waals surface area contributed by atoms with Crippen molar-refractivity contribution in [3.05, 3.63) is 41.7 Å². The molecule has 1 aromatic carbocycles. The van der Waals surface area contributed by atoms with E-state index < -0.39 is 0 Å². The van der Waals surface area contributed by atoms with Crippen LogP contribution in [0.1, 0.15) is 5.56 Å². The van der Waals surface area contributed by atoms with Crippen molar-refractivity contribution >= 4 is 14.3 Å². The van der Waals surface area contributed by atoms with Gasteiger partial charge in [-0.2, -0.15) is 0 Å². The largest absolute Gasteiger partial charge is 0.273 e. The van der Waals surface area contributed by atoms with E-state index in [4.69, 9.17) is 0 Å². The Morgan fingerprint density at radius 3 is 1.93 bits per heavy atom. The summed E-state index contributed by atoms with van der Waals surface area (Å²) in [4.78, 5) is 0. The standard InChI is InChI=1S/C12H19N2P/c1-13(2)15(14(3)4)11-10-12-8-6-5-7-9-12/h5-11H,1-4H3/b11-10+. The molecule has 1 rings (SSSR count). The van der Waals surface area contributed by atoms with E-state index in [1.807, 2.05) is 6.07 Å². The predicted molar refractivity (Wildman–Crippen MR) is 69.8 cm³/mol. The van der Waals surface area contributed by atoms with Gasteiger partial charge in [0.15, 0.2) is 0 Å². The van der Waals surface area contributed by atoms with Crippen LogP contribution < -0.4 is 0 Å². The lowest BCUT2D eigenvalue weighted by Gasteiger charge is -2.26. The topological polar surface area (TPSA) is 6.48 Å². The van der Waals surface area contributed by atoms with Crippen LogP contribution >= 0.6 is 8.22 Å². The fourth-order valence-corrected chi connectivity index (χ4v) is 2.90. The van der Waals surface area contributed by atoms with Gasteiger partial charge in [0.1, 0.15) is 0 Å². The Bertz CT molecular complexity index is 299. The normalized spacial score (nSPS) is 12.2. The average molecular weight is 222 g/mol. The smallest absolute Gasteiger partial charge is 0.0637 e. The molecule has 82 valence electrons. The second-order valence-corrected chi connectivity index (χ2v) is 6.28. The van der Waals surface area contributed by atoms with E-state index in [1.165, 1.54) is 5.56 Å². The minimum absolute atomic E-state index is 0.316. The van der Waals surface area contributed by atoms with Gasteiger partial charge >= 0.3 is 0 Å². The first-order valence-electron chi connectivity index (χ1n) is 4.98. The van der Waals surface area contributed by atoms with Crippen molar-refractivity contribution in [2.45, 2.75) is 0 Å². The number of nitrogens with zero attached hydrogens (tertiary/aromatic N) is 2. The van der Waals surface area contributed by atoms with Crippen LogP contribution in [0.15, 0.2) is 36.1 Å². The molecule has 0 saturated carbocycles. The Morgan fingerprint density at radius 1 is 0.933 bits per heavy atom. The van der Waals surface area contributed by atoms with E-state index >= 15 is 0 Å². The van der Waals surface area contributed by atoms with Gasteiger partial charge in [0, 0.05) is 0 Å². The molecule has 2 nitrogen and oxygen atoms in total. The highest BCUT2D eigenvalue weighted by Gasteiger charge is 2.08. The first kappa shape index (κ1) is 12.4. The summed E-state index contributed by atoms with van der Waals surface area (Å²) in [7, 11) is 8.13. The molecule has 0 heterocycles. The summed E-state index contributed by atoms with van der Waals surface area (Å²) in [6, 6.07) is 10.4. The van der Waals surface area contributed by atoms with Crippen LogP contribution in [0, 0.1) is 0 Å². The van der Waals surface area contributed by atoms with Crippen molar-refractivity contribution in [1.29, 1.82) is 0 Å². The maximum absolute atomic E-state index is 2.27. The first-order chi connectivity index (χ1) is 7.11. The average Bonchev–Trinajstić information content (AvgIpc) is 2.18. The van der Waals surface area contributed by atoms with Crippen LogP contribution in [-0.2, 0) is 0 Å². The molecule has 0 fully saturated rings. The van der Waals surface area contributed by atoms with E-state index in [1.54, 1.807) is 0 Å². The zero-order valence-corrected chi connectivity index (χ0v) is 10.8. The molecule has 0 unspecified atom stereocenters. The Hall–Kier alpha value is -0.690. The lowest BCUT2D eigenvalue weighted by atomic mass is 10.2. The van der Waals surface area contributed by atoms with Crippen molar-refractivity contribution in [3.63, 3.8) is 0 Å². The first-order valence-corrected chi connectivity index (χ1v) is 6.30. The van der Waals surface area contributed by atoms with E-state index in [-0.39, 0.29) is 8.22 Å². The Morgan fingerprint density at radius 2 is 1.47 bits per heavy atom. The maximum atomic E-state index is 2.27. The molecule has 0 bridgehead atoms. The molecule has 3 heteroatoms. The van der Waals surface area contributed by atoms with Crippen molar-refractivity contribution in [2.24, 2.45) is 0 Å². The molecule has 0 amide bonds. The zero-order chi connectivity index (χ0) is 11.3. The van der Waals surface area contributed by atoms with Crippen LogP contribution in [0.2, 0.25) is 0 Å². The molecule has 0 radical (unpaired) electrons. The third-order valence-electron chi connectivity index (χ3n) is 2.02. The molecule has 0 aliphatic heterocycles. The van der Waals surface area contributed by atoms with Gasteiger partial charge in [-0.3, -0.25) is 9.34 Å². The van der Waals surface area contributed by atoms with E-state index in [9.17, 15) is 0 Å². The summed E-state index contributed by atoms with van der Waals surface area (Å²) >= 11 is 0. The summed E-state index contributed by atoms with van der Waals surface area (Å²) in [5.41, 5.74) is 1.26. The van der Waals surface area contributed by atoms with Gasteiger partial charge in [-0.05, 0) is 39.6 Å². The molecule has 1 aromatic rings. The SMILES string of the molecule is CN(C)P(/C=C/c1ccccc1)N(C)C. The fraction of sp³-hybridized carbons (Fsp3) is 0.333. The van der Waals surface area contributed by atoms with Crippen molar-refractivity contribution < 1.29 is 0 Å². The van der Waals surface area contributed by atoms with Gasteiger partial charge in [-0.1, -0.05) is 36.4 Å². The van der Waals surface area contributed by atoms with Crippen molar-refractivity contribution in [3.8, 4) is 0 Å². The highest BCUT2D eigenvalue weighted by molar-refractivity contribution is 7.56. The summed E-state index contributed by atoms with van der Waals surface area (Å²) in [5.74, 6) is 2.27. The minimum Gasteiger partial charge on any atom is -0.273 e. The Labute approximate surface area is 94.1 Å². The zero-order valence-electron chi connectivity index (χ0n) is 9.88. The molecular weight excluding hydrogens is 203 g/mol. The quantitative estimate of drug-likeness (QED) is 0.722. The Balaban J connectivity index is 2.70.